The van der Waals surface area contributed by atoms with Gasteiger partial charge in [0.25, 0.3) is 7.37 Å². The molecule has 0 amide bonds. The summed E-state index contributed by atoms with van der Waals surface area (Å²) in [6.45, 7) is 8.18. The van der Waals surface area contributed by atoms with Crippen LogP contribution in [0, 0.1) is 17.0 Å². The van der Waals surface area contributed by atoms with E-state index in [2.05, 4.69) is 16.9 Å². The Bertz CT molecular complexity index is 770. The van der Waals surface area contributed by atoms with E-state index in [1.165, 1.54) is 0 Å². The van der Waals surface area contributed by atoms with E-state index in [-0.39, 0.29) is 5.41 Å². The van der Waals surface area contributed by atoms with Gasteiger partial charge in [-0.3, -0.25) is 4.57 Å². The van der Waals surface area contributed by atoms with Crippen LogP contribution in [0.2, 0.25) is 0 Å². The first kappa shape index (κ1) is 19.3. The third-order valence-electron chi connectivity index (χ3n) is 3.44. The summed E-state index contributed by atoms with van der Waals surface area (Å²) in [7, 11) is -3.29. The molecule has 1 N–H and O–H groups in total. The van der Waals surface area contributed by atoms with Crippen LogP contribution in [0.1, 0.15) is 39.0 Å². The second kappa shape index (κ2) is 8.39. The molecule has 0 aliphatic carbocycles. The van der Waals surface area contributed by atoms with E-state index in [1.807, 2.05) is 88.4 Å². The monoisotopic (exact) mass is 355 g/mol. The lowest BCUT2D eigenvalue weighted by Crippen LogP contribution is -2.13. The molecule has 0 fully saturated rings. The minimum atomic E-state index is -3.29. The predicted octanol–water partition coefficient (Wildman–Crippen LogP) is 6.12. The third-order valence-corrected chi connectivity index (χ3v) is 5.61. The van der Waals surface area contributed by atoms with Crippen molar-refractivity contribution in [3.8, 4) is 11.6 Å². The molecule has 0 radical (unpaired) electrons. The van der Waals surface area contributed by atoms with Crippen LogP contribution in [-0.4, -0.2) is 6.61 Å². The Morgan fingerprint density at radius 1 is 1.04 bits per heavy atom. The lowest BCUT2D eigenvalue weighted by molar-refractivity contribution is 0.336. The summed E-state index contributed by atoms with van der Waals surface area (Å²) in [6.07, 6.45) is 0. The molecule has 0 unspecified atom stereocenters. The number of rotatable bonds is 6. The maximum Gasteiger partial charge on any atom is 0.299 e. The average Bonchev–Trinajstić information content (AvgIpc) is 2.59. The quantitative estimate of drug-likeness (QED) is 0.501. The Labute approximate surface area is 151 Å². The lowest BCUT2D eigenvalue weighted by atomic mass is 9.99. The summed E-state index contributed by atoms with van der Waals surface area (Å²) < 4.78 is 19.4. The highest BCUT2D eigenvalue weighted by molar-refractivity contribution is 7.64. The number of benzene rings is 2. The van der Waals surface area contributed by atoms with Crippen LogP contribution < -0.4 is 5.32 Å². The Morgan fingerprint density at radius 2 is 1.60 bits per heavy atom. The molecule has 4 heteroatoms. The predicted molar refractivity (Wildman–Crippen MR) is 106 cm³/mol. The molecule has 25 heavy (non-hydrogen) atoms. The molecule has 0 spiro atoms. The Kier molecular flexibility index (Phi) is 6.48. The lowest BCUT2D eigenvalue weighted by Gasteiger charge is -2.26. The zero-order valence-electron chi connectivity index (χ0n) is 15.3. The first-order valence-electron chi connectivity index (χ1n) is 8.49. The van der Waals surface area contributed by atoms with Crippen LogP contribution in [0.15, 0.2) is 60.7 Å². The van der Waals surface area contributed by atoms with Crippen molar-refractivity contribution in [3.05, 3.63) is 66.2 Å². The van der Waals surface area contributed by atoms with E-state index in [0.717, 1.165) is 11.3 Å². The van der Waals surface area contributed by atoms with Crippen LogP contribution in [-0.2, 0) is 9.09 Å². The van der Waals surface area contributed by atoms with E-state index in [9.17, 15) is 4.57 Å². The SMILES string of the molecule is CCO[P@](=O)(C#CC(C)(C)C)[C@H](Nc1ccccc1)c1ccccc1. The summed E-state index contributed by atoms with van der Waals surface area (Å²) in [5, 5.41) is 3.37. The molecule has 0 heterocycles. The van der Waals surface area contributed by atoms with E-state index in [4.69, 9.17) is 4.52 Å². The van der Waals surface area contributed by atoms with Crippen LogP contribution in [0.25, 0.3) is 0 Å². The fourth-order valence-electron chi connectivity index (χ4n) is 2.30. The largest absolute Gasteiger partial charge is 0.369 e. The Balaban J connectivity index is 2.50. The molecule has 2 rings (SSSR count). The van der Waals surface area contributed by atoms with Crippen molar-refractivity contribution in [2.45, 2.75) is 33.5 Å². The van der Waals surface area contributed by atoms with Gasteiger partial charge in [-0.1, -0.05) is 54.5 Å². The molecule has 0 aliphatic heterocycles. The topological polar surface area (TPSA) is 38.3 Å². The van der Waals surface area contributed by atoms with Gasteiger partial charge >= 0.3 is 0 Å². The van der Waals surface area contributed by atoms with Crippen molar-refractivity contribution >= 4 is 13.1 Å². The highest BCUT2D eigenvalue weighted by atomic mass is 31.2. The van der Waals surface area contributed by atoms with Crippen molar-refractivity contribution < 1.29 is 9.09 Å². The number of nitrogens with one attached hydrogen (secondary N) is 1. The summed E-state index contributed by atoms with van der Waals surface area (Å²) in [5.74, 6) is 2.58. The number of para-hydroxylation sites is 1. The highest BCUT2D eigenvalue weighted by Gasteiger charge is 2.34. The Morgan fingerprint density at radius 3 is 2.12 bits per heavy atom. The molecule has 2 atom stereocenters. The molecule has 0 aliphatic rings. The fourth-order valence-corrected chi connectivity index (χ4v) is 4.40. The molecule has 3 nitrogen and oxygen atoms in total. The van der Waals surface area contributed by atoms with Crippen LogP contribution >= 0.6 is 7.37 Å². The fraction of sp³-hybridized carbons (Fsp3) is 0.333. The van der Waals surface area contributed by atoms with Crippen molar-refractivity contribution in [2.75, 3.05) is 11.9 Å². The van der Waals surface area contributed by atoms with Crippen molar-refractivity contribution in [1.29, 1.82) is 0 Å². The van der Waals surface area contributed by atoms with Gasteiger partial charge in [0.1, 0.15) is 5.78 Å². The molecule has 2 aromatic rings. The molecule has 0 aromatic heterocycles. The summed E-state index contributed by atoms with van der Waals surface area (Å²) in [6, 6.07) is 19.4. The minimum absolute atomic E-state index is 0.249. The van der Waals surface area contributed by atoms with Gasteiger partial charge in [-0.2, -0.15) is 0 Å². The minimum Gasteiger partial charge on any atom is -0.369 e. The van der Waals surface area contributed by atoms with Gasteiger partial charge in [-0.15, -0.1) is 0 Å². The van der Waals surface area contributed by atoms with Gasteiger partial charge in [0.05, 0.1) is 6.61 Å². The van der Waals surface area contributed by atoms with Gasteiger partial charge < -0.3 is 9.84 Å². The van der Waals surface area contributed by atoms with Crippen molar-refractivity contribution in [2.24, 2.45) is 5.41 Å². The number of anilines is 1. The average molecular weight is 355 g/mol. The molecular weight excluding hydrogens is 329 g/mol. The number of hydrogen-bond acceptors (Lipinski definition) is 3. The summed E-state index contributed by atoms with van der Waals surface area (Å²) in [4.78, 5) is 0. The molecular formula is C21H26NO2P. The zero-order chi connectivity index (χ0) is 18.3. The van der Waals surface area contributed by atoms with Crippen LogP contribution in [0.3, 0.4) is 0 Å². The van der Waals surface area contributed by atoms with Crippen molar-refractivity contribution in [3.63, 3.8) is 0 Å². The maximum atomic E-state index is 13.7. The number of hydrogen-bond donors (Lipinski definition) is 1. The third kappa shape index (κ3) is 5.78. The molecule has 0 saturated heterocycles. The first-order valence-corrected chi connectivity index (χ1v) is 10.2. The standard InChI is InChI=1S/C21H26NO2P/c1-5-24-25(23,17-16-21(2,3)4)20(18-12-8-6-9-13-18)22-19-14-10-7-11-15-19/h6-15,20,22H,5H2,1-4H3/t20-,25+/m0/s1. The van der Waals surface area contributed by atoms with Crippen LogP contribution in [0.4, 0.5) is 5.69 Å². The maximum absolute atomic E-state index is 13.7. The highest BCUT2D eigenvalue weighted by Crippen LogP contribution is 2.59. The van der Waals surface area contributed by atoms with Gasteiger partial charge in [-0.05, 0) is 51.1 Å². The van der Waals surface area contributed by atoms with Crippen molar-refractivity contribution in [1.82, 2.24) is 0 Å². The van der Waals surface area contributed by atoms with Gasteiger partial charge in [0.15, 0.2) is 0 Å². The second-order valence-electron chi connectivity index (χ2n) is 6.83. The molecule has 0 bridgehead atoms. The molecule has 132 valence electrons. The zero-order valence-corrected chi connectivity index (χ0v) is 16.2. The summed E-state index contributed by atoms with van der Waals surface area (Å²) >= 11 is 0. The molecule has 2 aromatic carbocycles. The van der Waals surface area contributed by atoms with E-state index in [0.29, 0.717) is 6.61 Å². The van der Waals surface area contributed by atoms with Gasteiger partial charge in [-0.25, -0.2) is 0 Å². The van der Waals surface area contributed by atoms with E-state index in [1.54, 1.807) is 0 Å². The molecule has 0 saturated carbocycles. The van der Waals surface area contributed by atoms with Crippen LogP contribution in [0.5, 0.6) is 0 Å². The van der Waals surface area contributed by atoms with E-state index >= 15 is 0 Å². The Hall–Kier alpha value is -2.01. The smallest absolute Gasteiger partial charge is 0.299 e. The van der Waals surface area contributed by atoms with Gasteiger partial charge in [0, 0.05) is 11.1 Å². The second-order valence-corrected chi connectivity index (χ2v) is 9.02. The van der Waals surface area contributed by atoms with E-state index < -0.39 is 13.2 Å². The van der Waals surface area contributed by atoms with Gasteiger partial charge in [0.2, 0.25) is 0 Å². The summed E-state index contributed by atoms with van der Waals surface area (Å²) in [5.41, 5.74) is 4.51. The normalized spacial score (nSPS) is 14.7. The first-order chi connectivity index (χ1) is 11.8.